The van der Waals surface area contributed by atoms with Gasteiger partial charge in [0, 0.05) is 18.6 Å². The van der Waals surface area contributed by atoms with E-state index in [4.69, 9.17) is 5.11 Å². The minimum absolute atomic E-state index is 0.000865. The molecule has 0 aromatic rings. The van der Waals surface area contributed by atoms with E-state index < -0.39 is 5.97 Å². The molecule has 2 aliphatic rings. The van der Waals surface area contributed by atoms with Crippen LogP contribution in [-0.4, -0.2) is 40.6 Å². The van der Waals surface area contributed by atoms with Crippen molar-refractivity contribution in [3.05, 3.63) is 0 Å². The number of hydrogen-bond donors (Lipinski definition) is 2. The molecule has 4 atom stereocenters. The summed E-state index contributed by atoms with van der Waals surface area (Å²) >= 11 is 0. The molecule has 2 fully saturated rings. The van der Waals surface area contributed by atoms with Gasteiger partial charge in [0.15, 0.2) is 0 Å². The van der Waals surface area contributed by atoms with Gasteiger partial charge in [0.1, 0.15) is 0 Å². The lowest BCUT2D eigenvalue weighted by molar-refractivity contribution is -0.143. The van der Waals surface area contributed by atoms with Gasteiger partial charge in [-0.1, -0.05) is 26.2 Å². The zero-order valence-electron chi connectivity index (χ0n) is 13.2. The maximum absolute atomic E-state index is 12.5. The fraction of sp³-hybridized carbons (Fsp3) is 0.875. The Bertz CT molecular complexity index is 386. The highest BCUT2D eigenvalue weighted by molar-refractivity contribution is 5.76. The van der Waals surface area contributed by atoms with Gasteiger partial charge in [-0.05, 0) is 38.5 Å². The Morgan fingerprint density at radius 2 is 1.81 bits per heavy atom. The lowest BCUT2D eigenvalue weighted by Gasteiger charge is -2.37. The molecule has 1 aliphatic heterocycles. The summed E-state index contributed by atoms with van der Waals surface area (Å²) in [6.07, 6.45) is 7.07. The van der Waals surface area contributed by atoms with E-state index >= 15 is 0 Å². The number of carbonyl (C=O) groups is 2. The van der Waals surface area contributed by atoms with Gasteiger partial charge in [0.05, 0.1) is 5.92 Å². The molecule has 0 aromatic carbocycles. The third-order valence-electron chi connectivity index (χ3n) is 5.16. The lowest BCUT2D eigenvalue weighted by atomic mass is 9.92. The normalized spacial score (nSPS) is 34.1. The van der Waals surface area contributed by atoms with Crippen molar-refractivity contribution in [2.24, 2.45) is 11.8 Å². The van der Waals surface area contributed by atoms with Crippen molar-refractivity contribution in [2.75, 3.05) is 6.54 Å². The van der Waals surface area contributed by atoms with Crippen molar-refractivity contribution in [3.63, 3.8) is 0 Å². The molecule has 0 aromatic heterocycles. The van der Waals surface area contributed by atoms with Gasteiger partial charge < -0.3 is 15.3 Å². The summed E-state index contributed by atoms with van der Waals surface area (Å²) in [6, 6.07) is 0.260. The van der Waals surface area contributed by atoms with E-state index in [2.05, 4.69) is 12.2 Å². The first-order valence-electron chi connectivity index (χ1n) is 8.29. The summed E-state index contributed by atoms with van der Waals surface area (Å²) in [5.74, 6) is -0.511. The number of nitrogens with one attached hydrogen (secondary N) is 1. The molecule has 2 amide bonds. The zero-order chi connectivity index (χ0) is 15.4. The third-order valence-corrected chi connectivity index (χ3v) is 5.16. The quantitative estimate of drug-likeness (QED) is 0.770. The fourth-order valence-electron chi connectivity index (χ4n) is 3.65. The second-order valence-corrected chi connectivity index (χ2v) is 6.77. The molecule has 1 saturated carbocycles. The molecule has 1 saturated heterocycles. The molecule has 1 heterocycles. The van der Waals surface area contributed by atoms with Gasteiger partial charge in [-0.2, -0.15) is 0 Å². The van der Waals surface area contributed by atoms with E-state index in [-0.39, 0.29) is 24.0 Å². The van der Waals surface area contributed by atoms with Gasteiger partial charge >= 0.3 is 12.0 Å². The van der Waals surface area contributed by atoms with Crippen molar-refractivity contribution in [1.29, 1.82) is 0 Å². The highest BCUT2D eigenvalue weighted by Gasteiger charge is 2.33. The molecule has 0 bridgehead atoms. The third kappa shape index (κ3) is 4.11. The molecule has 2 N–H and O–H groups in total. The molecule has 21 heavy (non-hydrogen) atoms. The van der Waals surface area contributed by atoms with Crippen LogP contribution < -0.4 is 5.32 Å². The molecule has 0 spiro atoms. The molecule has 4 unspecified atom stereocenters. The van der Waals surface area contributed by atoms with Crippen LogP contribution in [0.3, 0.4) is 0 Å². The summed E-state index contributed by atoms with van der Waals surface area (Å²) in [4.78, 5) is 25.4. The van der Waals surface area contributed by atoms with E-state index in [1.165, 1.54) is 25.7 Å². The Morgan fingerprint density at radius 3 is 2.48 bits per heavy atom. The number of nitrogens with zero attached hydrogens (tertiary/aromatic N) is 1. The average Bonchev–Trinajstić information content (AvgIpc) is 2.63. The van der Waals surface area contributed by atoms with E-state index in [0.717, 1.165) is 6.42 Å². The number of carboxylic acids is 1. The Balaban J connectivity index is 1.89. The van der Waals surface area contributed by atoms with Gasteiger partial charge in [0.25, 0.3) is 0 Å². The molecular formula is C16H28N2O3. The minimum atomic E-state index is -0.737. The molecule has 5 heteroatoms. The van der Waals surface area contributed by atoms with E-state index in [0.29, 0.717) is 25.3 Å². The predicted octanol–water partition coefficient (Wildman–Crippen LogP) is 2.85. The number of aliphatic carboxylic acids is 1. The van der Waals surface area contributed by atoms with Crippen molar-refractivity contribution >= 4 is 12.0 Å². The van der Waals surface area contributed by atoms with Crippen molar-refractivity contribution in [2.45, 2.75) is 70.9 Å². The lowest BCUT2D eigenvalue weighted by Crippen LogP contribution is -2.53. The fourth-order valence-corrected chi connectivity index (χ4v) is 3.65. The van der Waals surface area contributed by atoms with Crippen LogP contribution in [0.25, 0.3) is 0 Å². The Kier molecular flexibility index (Phi) is 5.48. The Hall–Kier alpha value is -1.26. The summed E-state index contributed by atoms with van der Waals surface area (Å²) in [6.45, 7) is 4.71. The molecule has 0 radical (unpaired) electrons. The predicted molar refractivity (Wildman–Crippen MR) is 81.1 cm³/mol. The van der Waals surface area contributed by atoms with Crippen LogP contribution in [0.4, 0.5) is 4.79 Å². The Morgan fingerprint density at radius 1 is 1.10 bits per heavy atom. The largest absolute Gasteiger partial charge is 0.481 e. The number of urea groups is 1. The summed E-state index contributed by atoms with van der Waals surface area (Å²) in [5.41, 5.74) is 0. The van der Waals surface area contributed by atoms with Gasteiger partial charge in [-0.15, -0.1) is 0 Å². The second kappa shape index (κ2) is 7.14. The first kappa shape index (κ1) is 16.1. The highest BCUT2D eigenvalue weighted by atomic mass is 16.4. The number of hydrogen-bond acceptors (Lipinski definition) is 2. The smallest absolute Gasteiger partial charge is 0.317 e. The van der Waals surface area contributed by atoms with Gasteiger partial charge in [0.2, 0.25) is 0 Å². The first-order chi connectivity index (χ1) is 9.99. The topological polar surface area (TPSA) is 69.6 Å². The van der Waals surface area contributed by atoms with Crippen LogP contribution in [0.15, 0.2) is 0 Å². The number of piperidine rings is 1. The molecular weight excluding hydrogens is 268 g/mol. The number of amides is 2. The van der Waals surface area contributed by atoms with Crippen LogP contribution >= 0.6 is 0 Å². The Labute approximate surface area is 127 Å². The van der Waals surface area contributed by atoms with Gasteiger partial charge in [-0.25, -0.2) is 4.79 Å². The maximum Gasteiger partial charge on any atom is 0.317 e. The maximum atomic E-state index is 12.5. The highest BCUT2D eigenvalue weighted by Crippen LogP contribution is 2.25. The number of rotatable bonds is 2. The van der Waals surface area contributed by atoms with Crippen LogP contribution in [-0.2, 0) is 4.79 Å². The van der Waals surface area contributed by atoms with Crippen molar-refractivity contribution in [3.8, 4) is 0 Å². The molecule has 5 nitrogen and oxygen atoms in total. The number of carboxylic acid groups (broad SMARTS) is 1. The summed E-state index contributed by atoms with van der Waals surface area (Å²) in [5, 5.41) is 12.3. The van der Waals surface area contributed by atoms with Crippen LogP contribution in [0.2, 0.25) is 0 Å². The van der Waals surface area contributed by atoms with Gasteiger partial charge in [-0.3, -0.25) is 4.79 Å². The SMILES string of the molecule is CC1CCCCCC1NC(=O)N1CCC(C(=O)O)CC1C. The van der Waals surface area contributed by atoms with E-state index in [1.54, 1.807) is 0 Å². The van der Waals surface area contributed by atoms with E-state index in [9.17, 15) is 9.59 Å². The minimum Gasteiger partial charge on any atom is -0.481 e. The van der Waals surface area contributed by atoms with Crippen LogP contribution in [0.5, 0.6) is 0 Å². The second-order valence-electron chi connectivity index (χ2n) is 6.77. The molecule has 120 valence electrons. The summed E-state index contributed by atoms with van der Waals surface area (Å²) < 4.78 is 0. The van der Waals surface area contributed by atoms with Crippen LogP contribution in [0.1, 0.15) is 58.8 Å². The number of likely N-dealkylation sites (tertiary alicyclic amines) is 1. The molecule has 2 rings (SSSR count). The standard InChI is InChI=1S/C16H28N2O3/c1-11-6-4-3-5-7-14(11)17-16(21)18-9-8-13(15(19)20)10-12(18)2/h11-14H,3-10H2,1-2H3,(H,17,21)(H,19,20). The number of carbonyl (C=O) groups excluding carboxylic acids is 1. The zero-order valence-corrected chi connectivity index (χ0v) is 13.2. The van der Waals surface area contributed by atoms with Crippen LogP contribution in [0, 0.1) is 11.8 Å². The monoisotopic (exact) mass is 296 g/mol. The summed E-state index contributed by atoms with van der Waals surface area (Å²) in [7, 11) is 0. The van der Waals surface area contributed by atoms with Crippen molar-refractivity contribution < 1.29 is 14.7 Å². The van der Waals surface area contributed by atoms with Crippen molar-refractivity contribution in [1.82, 2.24) is 10.2 Å². The van der Waals surface area contributed by atoms with E-state index in [1.807, 2.05) is 11.8 Å². The average molecular weight is 296 g/mol. The molecule has 1 aliphatic carbocycles. The first-order valence-corrected chi connectivity index (χ1v) is 8.29.